The van der Waals surface area contributed by atoms with Crippen molar-refractivity contribution in [2.75, 3.05) is 5.32 Å². The maximum atomic E-state index is 12.7. The van der Waals surface area contributed by atoms with Gasteiger partial charge in [0.05, 0.1) is 23.3 Å². The van der Waals surface area contributed by atoms with Crippen LogP contribution in [0.1, 0.15) is 35.2 Å². The summed E-state index contributed by atoms with van der Waals surface area (Å²) in [6.45, 7) is 3.88. The van der Waals surface area contributed by atoms with E-state index >= 15 is 0 Å². The number of carbonyl (C=O) groups excluding carboxylic acids is 1. The van der Waals surface area contributed by atoms with E-state index in [1.165, 1.54) is 5.56 Å². The van der Waals surface area contributed by atoms with Crippen LogP contribution in [0, 0.1) is 18.3 Å². The summed E-state index contributed by atoms with van der Waals surface area (Å²) in [5.41, 5.74) is 4.34. The van der Waals surface area contributed by atoms with Crippen molar-refractivity contribution in [1.82, 2.24) is 5.32 Å². The van der Waals surface area contributed by atoms with Gasteiger partial charge in [-0.15, -0.1) is 0 Å². The molecule has 0 bridgehead atoms. The number of amides is 1. The number of benzene rings is 3. The molecule has 3 aromatic carbocycles. The fourth-order valence-corrected chi connectivity index (χ4v) is 3.05. The van der Waals surface area contributed by atoms with Gasteiger partial charge in [0.1, 0.15) is 6.07 Å². The summed E-state index contributed by atoms with van der Waals surface area (Å²) in [4.78, 5) is 12.7. The molecule has 0 unspecified atom stereocenters. The minimum atomic E-state index is -0.460. The molecule has 140 valence electrons. The largest absolute Gasteiger partial charge is 0.324 e. The van der Waals surface area contributed by atoms with Crippen LogP contribution in [0.5, 0.6) is 0 Å². The van der Waals surface area contributed by atoms with E-state index in [4.69, 9.17) is 0 Å². The van der Waals surface area contributed by atoms with Gasteiger partial charge in [-0.2, -0.15) is 5.26 Å². The number of nitriles is 1. The fourth-order valence-electron chi connectivity index (χ4n) is 3.05. The molecule has 2 atom stereocenters. The molecular formula is C24H23N3O. The highest BCUT2D eigenvalue weighted by Crippen LogP contribution is 2.23. The quantitative estimate of drug-likeness (QED) is 0.669. The molecule has 0 spiro atoms. The first-order valence-corrected chi connectivity index (χ1v) is 9.26. The molecule has 28 heavy (non-hydrogen) atoms. The first-order valence-electron chi connectivity index (χ1n) is 9.26. The van der Waals surface area contributed by atoms with Gasteiger partial charge >= 0.3 is 0 Å². The molecule has 0 fully saturated rings. The Morgan fingerprint density at radius 3 is 2.18 bits per heavy atom. The Labute approximate surface area is 165 Å². The van der Waals surface area contributed by atoms with Crippen molar-refractivity contribution in [3.63, 3.8) is 0 Å². The summed E-state index contributed by atoms with van der Waals surface area (Å²) in [5.74, 6) is -0.184. The average molecular weight is 369 g/mol. The number of rotatable bonds is 6. The number of hydrogen-bond acceptors (Lipinski definition) is 3. The molecule has 0 saturated carbocycles. The van der Waals surface area contributed by atoms with Gasteiger partial charge in [0.25, 0.3) is 0 Å². The molecular weight excluding hydrogens is 346 g/mol. The number of anilines is 1. The van der Waals surface area contributed by atoms with E-state index in [2.05, 4.69) is 47.9 Å². The summed E-state index contributed by atoms with van der Waals surface area (Å²) in [5, 5.41) is 15.5. The maximum Gasteiger partial charge on any atom is 0.241 e. The van der Waals surface area contributed by atoms with Crippen molar-refractivity contribution in [2.45, 2.75) is 25.9 Å². The molecule has 3 rings (SSSR count). The van der Waals surface area contributed by atoms with Crippen molar-refractivity contribution >= 4 is 11.6 Å². The zero-order valence-electron chi connectivity index (χ0n) is 16.0. The second kappa shape index (κ2) is 8.98. The average Bonchev–Trinajstić information content (AvgIpc) is 2.73. The smallest absolute Gasteiger partial charge is 0.241 e. The molecule has 0 aliphatic carbocycles. The molecule has 1 amide bonds. The summed E-state index contributed by atoms with van der Waals surface area (Å²) in [6.07, 6.45) is 0. The van der Waals surface area contributed by atoms with E-state index < -0.39 is 6.04 Å². The van der Waals surface area contributed by atoms with Gasteiger partial charge in [-0.1, -0.05) is 72.3 Å². The maximum absolute atomic E-state index is 12.7. The van der Waals surface area contributed by atoms with E-state index in [9.17, 15) is 10.1 Å². The van der Waals surface area contributed by atoms with Crippen LogP contribution >= 0.6 is 0 Å². The second-order valence-electron chi connectivity index (χ2n) is 6.79. The minimum Gasteiger partial charge on any atom is -0.324 e. The van der Waals surface area contributed by atoms with E-state index in [-0.39, 0.29) is 11.9 Å². The lowest BCUT2D eigenvalue weighted by atomic mass is 9.97. The molecule has 0 heterocycles. The first kappa shape index (κ1) is 19.3. The molecule has 3 aromatic rings. The molecule has 2 N–H and O–H groups in total. The van der Waals surface area contributed by atoms with E-state index in [0.29, 0.717) is 11.3 Å². The van der Waals surface area contributed by atoms with Gasteiger partial charge in [-0.3, -0.25) is 10.1 Å². The molecule has 0 aliphatic rings. The van der Waals surface area contributed by atoms with E-state index in [1.54, 1.807) is 24.3 Å². The highest BCUT2D eigenvalue weighted by molar-refractivity contribution is 5.95. The van der Waals surface area contributed by atoms with E-state index in [1.807, 2.05) is 37.3 Å². The standard InChI is InChI=1S/C24H23N3O/c1-17-12-14-20(15-13-17)23(19-8-4-3-5-9-19)26-18(2)24(28)27-22-11-7-6-10-21(22)16-25/h3-15,18,23,26H,1-2H3,(H,27,28)/t18-,23-/m0/s1. The van der Waals surface area contributed by atoms with E-state index in [0.717, 1.165) is 11.1 Å². The highest BCUT2D eigenvalue weighted by Gasteiger charge is 2.21. The fraction of sp³-hybridized carbons (Fsp3) is 0.167. The van der Waals surface area contributed by atoms with Crippen LogP contribution in [0.3, 0.4) is 0 Å². The number of aryl methyl sites for hydroxylation is 1. The number of para-hydroxylation sites is 1. The van der Waals surface area contributed by atoms with Crippen LogP contribution in [0.4, 0.5) is 5.69 Å². The summed E-state index contributed by atoms with van der Waals surface area (Å²) in [6, 6.07) is 26.9. The molecule has 0 aliphatic heterocycles. The number of hydrogen-bond donors (Lipinski definition) is 2. The van der Waals surface area contributed by atoms with Crippen LogP contribution in [0.2, 0.25) is 0 Å². The summed E-state index contributed by atoms with van der Waals surface area (Å²) in [7, 11) is 0. The lowest BCUT2D eigenvalue weighted by Gasteiger charge is -2.24. The topological polar surface area (TPSA) is 64.9 Å². The Morgan fingerprint density at radius 2 is 1.50 bits per heavy atom. The molecule has 4 heteroatoms. The van der Waals surface area contributed by atoms with Crippen LogP contribution in [-0.4, -0.2) is 11.9 Å². The van der Waals surface area contributed by atoms with Gasteiger partial charge in [-0.25, -0.2) is 0 Å². The Bertz CT molecular complexity index is 975. The van der Waals surface area contributed by atoms with Crippen molar-refractivity contribution in [3.8, 4) is 6.07 Å². The molecule has 0 saturated heterocycles. The van der Waals surface area contributed by atoms with Gasteiger partial charge in [-0.05, 0) is 37.1 Å². The van der Waals surface area contributed by atoms with Crippen LogP contribution in [-0.2, 0) is 4.79 Å². The number of nitrogens with zero attached hydrogens (tertiary/aromatic N) is 1. The predicted octanol–water partition coefficient (Wildman–Crippen LogP) is 4.57. The van der Waals surface area contributed by atoms with Crippen molar-refractivity contribution < 1.29 is 4.79 Å². The third kappa shape index (κ3) is 4.64. The first-order chi connectivity index (χ1) is 13.6. The van der Waals surface area contributed by atoms with Crippen molar-refractivity contribution in [1.29, 1.82) is 5.26 Å². The lowest BCUT2D eigenvalue weighted by Crippen LogP contribution is -2.40. The van der Waals surface area contributed by atoms with Crippen LogP contribution in [0.15, 0.2) is 78.9 Å². The zero-order chi connectivity index (χ0) is 19.9. The highest BCUT2D eigenvalue weighted by atomic mass is 16.2. The third-order valence-corrected chi connectivity index (χ3v) is 4.66. The normalized spacial score (nSPS) is 12.6. The monoisotopic (exact) mass is 369 g/mol. The number of carbonyl (C=O) groups is 1. The molecule has 4 nitrogen and oxygen atoms in total. The van der Waals surface area contributed by atoms with Gasteiger partial charge < -0.3 is 5.32 Å². The Hall–Kier alpha value is -3.42. The van der Waals surface area contributed by atoms with Gasteiger partial charge in [0, 0.05) is 0 Å². The Kier molecular flexibility index (Phi) is 6.21. The van der Waals surface area contributed by atoms with Crippen molar-refractivity contribution in [3.05, 3.63) is 101 Å². The molecule has 0 radical (unpaired) electrons. The summed E-state index contributed by atoms with van der Waals surface area (Å²) < 4.78 is 0. The lowest BCUT2D eigenvalue weighted by molar-refractivity contribution is -0.117. The molecule has 0 aromatic heterocycles. The van der Waals surface area contributed by atoms with Gasteiger partial charge in [0.2, 0.25) is 5.91 Å². The summed E-state index contributed by atoms with van der Waals surface area (Å²) >= 11 is 0. The van der Waals surface area contributed by atoms with Crippen LogP contribution < -0.4 is 10.6 Å². The predicted molar refractivity (Wildman–Crippen MR) is 112 cm³/mol. The van der Waals surface area contributed by atoms with Crippen LogP contribution in [0.25, 0.3) is 0 Å². The minimum absolute atomic E-state index is 0.117. The second-order valence-corrected chi connectivity index (χ2v) is 6.79. The van der Waals surface area contributed by atoms with Gasteiger partial charge in [0.15, 0.2) is 0 Å². The Balaban J connectivity index is 1.81. The SMILES string of the molecule is Cc1ccc([C@@H](N[C@@H](C)C(=O)Nc2ccccc2C#N)c2ccccc2)cc1. The Morgan fingerprint density at radius 1 is 0.893 bits per heavy atom. The zero-order valence-corrected chi connectivity index (χ0v) is 16.0. The number of nitrogens with one attached hydrogen (secondary N) is 2. The van der Waals surface area contributed by atoms with Crippen molar-refractivity contribution in [2.24, 2.45) is 0 Å². The third-order valence-electron chi connectivity index (χ3n) is 4.66.